The van der Waals surface area contributed by atoms with E-state index in [1.165, 1.54) is 30.5 Å². The maximum atomic E-state index is 12.4. The molecule has 0 unspecified atom stereocenters. The van der Waals surface area contributed by atoms with Crippen molar-refractivity contribution >= 4 is 33.0 Å². The SMILES string of the molecule is CCN(CC)c1ccc(N/C=C(/C#N)C(=O)Nc2ccc(S(N)(=O)=O)cc2)c(C)c1. The Morgan fingerprint density at radius 3 is 2.30 bits per heavy atom. The number of benzene rings is 2. The van der Waals surface area contributed by atoms with Gasteiger partial charge in [-0.3, -0.25) is 4.79 Å². The average Bonchev–Trinajstić information content (AvgIpc) is 2.70. The van der Waals surface area contributed by atoms with Crippen molar-refractivity contribution in [2.45, 2.75) is 25.7 Å². The van der Waals surface area contributed by atoms with E-state index in [9.17, 15) is 18.5 Å². The van der Waals surface area contributed by atoms with Crippen molar-refractivity contribution in [2.75, 3.05) is 28.6 Å². The predicted molar refractivity (Wildman–Crippen MR) is 119 cm³/mol. The normalized spacial score (nSPS) is 11.5. The lowest BCUT2D eigenvalue weighted by molar-refractivity contribution is -0.112. The molecule has 8 nitrogen and oxygen atoms in total. The van der Waals surface area contributed by atoms with Gasteiger partial charge in [-0.15, -0.1) is 0 Å². The molecule has 0 saturated heterocycles. The molecule has 0 bridgehead atoms. The zero-order chi connectivity index (χ0) is 22.3. The van der Waals surface area contributed by atoms with Crippen LogP contribution in [-0.4, -0.2) is 27.4 Å². The number of amides is 1. The first-order valence-electron chi connectivity index (χ1n) is 9.36. The monoisotopic (exact) mass is 427 g/mol. The van der Waals surface area contributed by atoms with Crippen LogP contribution in [0.2, 0.25) is 0 Å². The number of sulfonamides is 1. The summed E-state index contributed by atoms with van der Waals surface area (Å²) in [5.74, 6) is -0.620. The molecule has 0 atom stereocenters. The van der Waals surface area contributed by atoms with Crippen LogP contribution in [-0.2, 0) is 14.8 Å². The second-order valence-electron chi connectivity index (χ2n) is 6.51. The van der Waals surface area contributed by atoms with Crippen molar-refractivity contribution in [3.63, 3.8) is 0 Å². The number of hydrogen-bond acceptors (Lipinski definition) is 6. The lowest BCUT2D eigenvalue weighted by atomic mass is 10.1. The molecule has 9 heteroatoms. The van der Waals surface area contributed by atoms with Crippen molar-refractivity contribution < 1.29 is 13.2 Å². The van der Waals surface area contributed by atoms with Crippen LogP contribution >= 0.6 is 0 Å². The molecule has 4 N–H and O–H groups in total. The molecule has 0 aliphatic heterocycles. The van der Waals surface area contributed by atoms with Crippen LogP contribution in [0.5, 0.6) is 0 Å². The predicted octanol–water partition coefficient (Wildman–Crippen LogP) is 2.95. The van der Waals surface area contributed by atoms with Crippen LogP contribution in [0.3, 0.4) is 0 Å². The molecule has 158 valence electrons. The number of carbonyl (C=O) groups excluding carboxylic acids is 1. The fourth-order valence-electron chi connectivity index (χ4n) is 2.82. The molecule has 0 radical (unpaired) electrons. The molecule has 2 aromatic carbocycles. The Kier molecular flexibility index (Phi) is 7.58. The lowest BCUT2D eigenvalue weighted by Crippen LogP contribution is -2.21. The highest BCUT2D eigenvalue weighted by Crippen LogP contribution is 2.23. The van der Waals surface area contributed by atoms with Gasteiger partial charge in [0.1, 0.15) is 11.6 Å². The molecule has 0 aliphatic carbocycles. The Morgan fingerprint density at radius 1 is 1.17 bits per heavy atom. The Balaban J connectivity index is 2.12. The van der Waals surface area contributed by atoms with Gasteiger partial charge >= 0.3 is 0 Å². The lowest BCUT2D eigenvalue weighted by Gasteiger charge is -2.22. The van der Waals surface area contributed by atoms with E-state index in [2.05, 4.69) is 29.4 Å². The summed E-state index contributed by atoms with van der Waals surface area (Å²) in [7, 11) is -3.81. The quantitative estimate of drug-likeness (QED) is 0.439. The minimum atomic E-state index is -3.81. The summed E-state index contributed by atoms with van der Waals surface area (Å²) in [5.41, 5.74) is 3.08. The molecular weight excluding hydrogens is 402 g/mol. The summed E-state index contributed by atoms with van der Waals surface area (Å²) in [5, 5.41) is 19.9. The van der Waals surface area contributed by atoms with Gasteiger partial charge in [0.15, 0.2) is 0 Å². The number of nitrogens with two attached hydrogens (primary N) is 1. The summed E-state index contributed by atoms with van der Waals surface area (Å²) >= 11 is 0. The van der Waals surface area contributed by atoms with Gasteiger partial charge in [-0.25, -0.2) is 13.6 Å². The van der Waals surface area contributed by atoms with Gasteiger partial charge in [0, 0.05) is 36.4 Å². The Bertz CT molecular complexity index is 1080. The number of nitrogens with zero attached hydrogens (tertiary/aromatic N) is 2. The van der Waals surface area contributed by atoms with E-state index in [1.54, 1.807) is 0 Å². The minimum Gasteiger partial charge on any atom is -0.372 e. The number of aryl methyl sites for hydroxylation is 1. The molecule has 0 aromatic heterocycles. The Morgan fingerprint density at radius 2 is 1.80 bits per heavy atom. The highest BCUT2D eigenvalue weighted by Gasteiger charge is 2.12. The number of rotatable bonds is 8. The smallest absolute Gasteiger partial charge is 0.267 e. The van der Waals surface area contributed by atoms with E-state index in [0.717, 1.165) is 30.0 Å². The fourth-order valence-corrected chi connectivity index (χ4v) is 3.34. The summed E-state index contributed by atoms with van der Waals surface area (Å²) < 4.78 is 22.6. The fraction of sp³-hybridized carbons (Fsp3) is 0.238. The van der Waals surface area contributed by atoms with E-state index in [4.69, 9.17) is 5.14 Å². The van der Waals surface area contributed by atoms with Crippen LogP contribution in [0.4, 0.5) is 17.1 Å². The van der Waals surface area contributed by atoms with Gasteiger partial charge in [-0.1, -0.05) is 0 Å². The standard InChI is InChI=1S/C21H25N5O3S/c1-4-26(5-2)18-8-11-20(15(3)12-18)24-14-16(13-22)21(27)25-17-6-9-19(10-7-17)30(23,28)29/h6-12,14,24H,4-5H2,1-3H3,(H,25,27)(H2,23,28,29)/b16-14-. The molecule has 0 spiro atoms. The van der Waals surface area contributed by atoms with Crippen LogP contribution in [0.1, 0.15) is 19.4 Å². The van der Waals surface area contributed by atoms with Gasteiger partial charge in [0.25, 0.3) is 5.91 Å². The number of hydrogen-bond donors (Lipinski definition) is 3. The number of nitrogens with one attached hydrogen (secondary N) is 2. The van der Waals surface area contributed by atoms with Gasteiger partial charge in [-0.2, -0.15) is 5.26 Å². The molecule has 1 amide bonds. The maximum absolute atomic E-state index is 12.4. The van der Waals surface area contributed by atoms with Crippen LogP contribution in [0, 0.1) is 18.3 Å². The Hall–Kier alpha value is -3.35. The van der Waals surface area contributed by atoms with E-state index in [1.807, 2.05) is 31.2 Å². The van der Waals surface area contributed by atoms with Gasteiger partial charge in [-0.05, 0) is 68.8 Å². The zero-order valence-corrected chi connectivity index (χ0v) is 18.0. The number of carbonyl (C=O) groups is 1. The first-order chi connectivity index (χ1) is 14.2. The average molecular weight is 428 g/mol. The second-order valence-corrected chi connectivity index (χ2v) is 8.07. The third-order valence-corrected chi connectivity index (χ3v) is 5.45. The summed E-state index contributed by atoms with van der Waals surface area (Å²) in [6.45, 7) is 7.93. The molecule has 2 rings (SSSR count). The van der Waals surface area contributed by atoms with Crippen LogP contribution in [0.25, 0.3) is 0 Å². The molecule has 0 aliphatic rings. The van der Waals surface area contributed by atoms with Crippen molar-refractivity contribution in [3.05, 3.63) is 59.8 Å². The Labute approximate surface area is 177 Å². The number of nitriles is 1. The highest BCUT2D eigenvalue weighted by atomic mass is 32.2. The van der Waals surface area contributed by atoms with E-state index in [-0.39, 0.29) is 10.5 Å². The van der Waals surface area contributed by atoms with E-state index in [0.29, 0.717) is 5.69 Å². The maximum Gasteiger partial charge on any atom is 0.267 e. The largest absolute Gasteiger partial charge is 0.372 e. The van der Waals surface area contributed by atoms with Crippen molar-refractivity contribution in [1.82, 2.24) is 0 Å². The molecule has 0 saturated carbocycles. The molecule has 0 fully saturated rings. The molecular formula is C21H25N5O3S. The summed E-state index contributed by atoms with van der Waals surface area (Å²) in [6.07, 6.45) is 1.34. The summed E-state index contributed by atoms with van der Waals surface area (Å²) in [6, 6.07) is 13.1. The van der Waals surface area contributed by atoms with E-state index < -0.39 is 15.9 Å². The van der Waals surface area contributed by atoms with Crippen LogP contribution in [0.15, 0.2) is 59.1 Å². The van der Waals surface area contributed by atoms with Gasteiger partial charge < -0.3 is 15.5 Å². The second kappa shape index (κ2) is 9.91. The highest BCUT2D eigenvalue weighted by molar-refractivity contribution is 7.89. The third kappa shape index (κ3) is 5.83. The van der Waals surface area contributed by atoms with Crippen molar-refractivity contribution in [1.29, 1.82) is 5.26 Å². The topological polar surface area (TPSA) is 128 Å². The minimum absolute atomic E-state index is 0.0677. The van der Waals surface area contributed by atoms with Crippen LogP contribution < -0.4 is 20.7 Å². The summed E-state index contributed by atoms with van der Waals surface area (Å²) in [4.78, 5) is 14.5. The van der Waals surface area contributed by atoms with Gasteiger partial charge in [0.05, 0.1) is 4.90 Å². The van der Waals surface area contributed by atoms with Crippen molar-refractivity contribution in [2.24, 2.45) is 5.14 Å². The molecule has 30 heavy (non-hydrogen) atoms. The van der Waals surface area contributed by atoms with E-state index >= 15 is 0 Å². The number of anilines is 3. The van der Waals surface area contributed by atoms with Crippen molar-refractivity contribution in [3.8, 4) is 6.07 Å². The van der Waals surface area contributed by atoms with Gasteiger partial charge in [0.2, 0.25) is 10.0 Å². The first-order valence-corrected chi connectivity index (χ1v) is 10.9. The molecule has 2 aromatic rings. The first kappa shape index (κ1) is 22.9. The third-order valence-electron chi connectivity index (χ3n) is 4.52. The number of primary sulfonamides is 1. The zero-order valence-electron chi connectivity index (χ0n) is 17.1. The molecule has 0 heterocycles.